The summed E-state index contributed by atoms with van der Waals surface area (Å²) in [6, 6.07) is 5.52. The molecule has 5 nitrogen and oxygen atoms in total. The van der Waals surface area contributed by atoms with Gasteiger partial charge in [0.15, 0.2) is 0 Å². The van der Waals surface area contributed by atoms with Crippen LogP contribution in [0.25, 0.3) is 0 Å². The Bertz CT molecular complexity index is 502. The highest BCUT2D eigenvalue weighted by atomic mass is 35.5. The van der Waals surface area contributed by atoms with Gasteiger partial charge in [0.25, 0.3) is 0 Å². The Hall–Kier alpha value is -1.46. The zero-order valence-corrected chi connectivity index (χ0v) is 13.6. The van der Waals surface area contributed by atoms with Crippen LogP contribution in [0.4, 0.5) is 4.79 Å². The number of rotatable bonds is 5. The number of urea groups is 1. The topological polar surface area (TPSA) is 61.8 Å². The van der Waals surface area contributed by atoms with E-state index in [1.54, 1.807) is 13.2 Å². The number of halogens is 1. The predicted molar refractivity (Wildman–Crippen MR) is 86.5 cm³/mol. The molecular formula is C16H23ClN2O3. The third-order valence-corrected chi connectivity index (χ3v) is 4.44. The SMILES string of the molecule is COc1ccc(CCNC(=O)N2CCC(CO)CC2)c(Cl)c1. The third kappa shape index (κ3) is 4.52. The summed E-state index contributed by atoms with van der Waals surface area (Å²) in [5, 5.41) is 12.7. The molecule has 2 rings (SSSR count). The first-order chi connectivity index (χ1) is 10.6. The molecule has 0 aliphatic carbocycles. The van der Waals surface area contributed by atoms with E-state index in [1.165, 1.54) is 0 Å². The van der Waals surface area contributed by atoms with Crippen LogP contribution in [0.5, 0.6) is 5.75 Å². The lowest BCUT2D eigenvalue weighted by Gasteiger charge is -2.31. The highest BCUT2D eigenvalue weighted by Crippen LogP contribution is 2.22. The van der Waals surface area contributed by atoms with Gasteiger partial charge in [0.2, 0.25) is 0 Å². The van der Waals surface area contributed by atoms with Crippen molar-refractivity contribution in [2.75, 3.05) is 33.4 Å². The van der Waals surface area contributed by atoms with E-state index in [0.29, 0.717) is 37.0 Å². The third-order valence-electron chi connectivity index (χ3n) is 4.09. The van der Waals surface area contributed by atoms with Gasteiger partial charge >= 0.3 is 6.03 Å². The van der Waals surface area contributed by atoms with E-state index in [0.717, 1.165) is 24.2 Å². The Morgan fingerprint density at radius 1 is 1.45 bits per heavy atom. The molecule has 1 fully saturated rings. The Morgan fingerprint density at radius 3 is 2.77 bits per heavy atom. The minimum absolute atomic E-state index is 0.0407. The standard InChI is InChI=1S/C16H23ClN2O3/c1-22-14-3-2-13(15(17)10-14)4-7-18-16(21)19-8-5-12(11-20)6-9-19/h2-3,10,12,20H,4-9,11H2,1H3,(H,18,21). The maximum Gasteiger partial charge on any atom is 0.317 e. The van der Waals surface area contributed by atoms with Gasteiger partial charge < -0.3 is 20.1 Å². The van der Waals surface area contributed by atoms with E-state index in [9.17, 15) is 4.79 Å². The molecule has 0 saturated carbocycles. The molecule has 1 aliphatic heterocycles. The Morgan fingerprint density at radius 2 is 2.18 bits per heavy atom. The summed E-state index contributed by atoms with van der Waals surface area (Å²) >= 11 is 6.18. The molecular weight excluding hydrogens is 304 g/mol. The van der Waals surface area contributed by atoms with Crippen molar-refractivity contribution in [2.45, 2.75) is 19.3 Å². The van der Waals surface area contributed by atoms with Gasteiger partial charge in [-0.05, 0) is 42.9 Å². The van der Waals surface area contributed by atoms with Crippen molar-refractivity contribution >= 4 is 17.6 Å². The van der Waals surface area contributed by atoms with Gasteiger partial charge in [-0.2, -0.15) is 0 Å². The molecule has 122 valence electrons. The second kappa shape index (κ2) is 8.25. The van der Waals surface area contributed by atoms with Crippen molar-refractivity contribution < 1.29 is 14.6 Å². The number of nitrogens with one attached hydrogen (secondary N) is 1. The van der Waals surface area contributed by atoms with Crippen LogP contribution in [0.1, 0.15) is 18.4 Å². The van der Waals surface area contributed by atoms with Crippen molar-refractivity contribution in [3.63, 3.8) is 0 Å². The van der Waals surface area contributed by atoms with E-state index < -0.39 is 0 Å². The molecule has 0 aromatic heterocycles. The number of ether oxygens (including phenoxy) is 1. The number of aliphatic hydroxyl groups excluding tert-OH is 1. The number of aliphatic hydroxyl groups is 1. The Balaban J connectivity index is 1.75. The quantitative estimate of drug-likeness (QED) is 0.873. The van der Waals surface area contributed by atoms with Crippen LogP contribution in [0.2, 0.25) is 5.02 Å². The van der Waals surface area contributed by atoms with Gasteiger partial charge in [-0.3, -0.25) is 0 Å². The summed E-state index contributed by atoms with van der Waals surface area (Å²) in [7, 11) is 1.60. The molecule has 0 spiro atoms. The highest BCUT2D eigenvalue weighted by Gasteiger charge is 2.21. The molecule has 2 amide bonds. The molecule has 1 heterocycles. The maximum atomic E-state index is 12.1. The van der Waals surface area contributed by atoms with Crippen LogP contribution in [0.3, 0.4) is 0 Å². The first kappa shape index (κ1) is 16.9. The zero-order valence-electron chi connectivity index (χ0n) is 12.8. The Kier molecular flexibility index (Phi) is 6.34. The summed E-state index contributed by atoms with van der Waals surface area (Å²) in [6.07, 6.45) is 2.42. The summed E-state index contributed by atoms with van der Waals surface area (Å²) in [4.78, 5) is 13.9. The number of methoxy groups -OCH3 is 1. The van der Waals surface area contributed by atoms with E-state index in [-0.39, 0.29) is 12.6 Å². The van der Waals surface area contributed by atoms with Crippen molar-refractivity contribution in [1.82, 2.24) is 10.2 Å². The number of hydrogen-bond acceptors (Lipinski definition) is 3. The minimum atomic E-state index is -0.0407. The number of hydrogen-bond donors (Lipinski definition) is 2. The van der Waals surface area contributed by atoms with Crippen LogP contribution in [0, 0.1) is 5.92 Å². The largest absolute Gasteiger partial charge is 0.497 e. The van der Waals surface area contributed by atoms with Gasteiger partial charge in [0.1, 0.15) is 5.75 Å². The van der Waals surface area contributed by atoms with E-state index in [2.05, 4.69) is 5.32 Å². The predicted octanol–water partition coefficient (Wildman–Crippen LogP) is 2.31. The molecule has 1 saturated heterocycles. The fourth-order valence-electron chi connectivity index (χ4n) is 2.59. The molecule has 2 N–H and O–H groups in total. The molecule has 1 aliphatic rings. The van der Waals surface area contributed by atoms with Crippen LogP contribution in [-0.2, 0) is 6.42 Å². The van der Waals surface area contributed by atoms with Crippen molar-refractivity contribution in [1.29, 1.82) is 0 Å². The summed E-state index contributed by atoms with van der Waals surface area (Å²) in [6.45, 7) is 2.18. The summed E-state index contributed by atoms with van der Waals surface area (Å²) in [5.74, 6) is 1.06. The van der Waals surface area contributed by atoms with Crippen LogP contribution in [0.15, 0.2) is 18.2 Å². The lowest BCUT2D eigenvalue weighted by molar-refractivity contribution is 0.137. The number of benzene rings is 1. The molecule has 0 atom stereocenters. The molecule has 0 bridgehead atoms. The fraction of sp³-hybridized carbons (Fsp3) is 0.562. The first-order valence-electron chi connectivity index (χ1n) is 7.60. The number of piperidine rings is 1. The van der Waals surface area contributed by atoms with Crippen LogP contribution in [-0.4, -0.2) is 49.4 Å². The van der Waals surface area contributed by atoms with Gasteiger partial charge in [-0.25, -0.2) is 4.79 Å². The molecule has 1 aromatic carbocycles. The average molecular weight is 327 g/mol. The second-order valence-corrected chi connectivity index (χ2v) is 5.96. The van der Waals surface area contributed by atoms with Crippen molar-refractivity contribution in [2.24, 2.45) is 5.92 Å². The van der Waals surface area contributed by atoms with Crippen LogP contribution < -0.4 is 10.1 Å². The van der Waals surface area contributed by atoms with E-state index >= 15 is 0 Å². The highest BCUT2D eigenvalue weighted by molar-refractivity contribution is 6.31. The van der Waals surface area contributed by atoms with Gasteiger partial charge in [-0.15, -0.1) is 0 Å². The van der Waals surface area contributed by atoms with Crippen LogP contribution >= 0.6 is 11.6 Å². The number of nitrogens with zero attached hydrogens (tertiary/aromatic N) is 1. The zero-order chi connectivity index (χ0) is 15.9. The first-order valence-corrected chi connectivity index (χ1v) is 7.98. The van der Waals surface area contributed by atoms with E-state index in [4.69, 9.17) is 21.4 Å². The number of amides is 2. The molecule has 6 heteroatoms. The number of likely N-dealkylation sites (tertiary alicyclic amines) is 1. The van der Waals surface area contributed by atoms with Crippen molar-refractivity contribution in [3.8, 4) is 5.75 Å². The number of carbonyl (C=O) groups excluding carboxylic acids is 1. The monoisotopic (exact) mass is 326 g/mol. The normalized spacial score (nSPS) is 15.7. The fourth-order valence-corrected chi connectivity index (χ4v) is 2.86. The molecule has 0 radical (unpaired) electrons. The lowest BCUT2D eigenvalue weighted by atomic mass is 9.98. The van der Waals surface area contributed by atoms with Gasteiger partial charge in [0, 0.05) is 31.3 Å². The minimum Gasteiger partial charge on any atom is -0.497 e. The average Bonchev–Trinajstić information content (AvgIpc) is 2.56. The van der Waals surface area contributed by atoms with Gasteiger partial charge in [-0.1, -0.05) is 17.7 Å². The number of carbonyl (C=O) groups is 1. The summed E-state index contributed by atoms with van der Waals surface area (Å²) in [5.41, 5.74) is 0.988. The molecule has 22 heavy (non-hydrogen) atoms. The second-order valence-electron chi connectivity index (χ2n) is 5.55. The van der Waals surface area contributed by atoms with Crippen molar-refractivity contribution in [3.05, 3.63) is 28.8 Å². The van der Waals surface area contributed by atoms with Gasteiger partial charge in [0.05, 0.1) is 7.11 Å². The smallest absolute Gasteiger partial charge is 0.317 e. The molecule has 0 unspecified atom stereocenters. The summed E-state index contributed by atoms with van der Waals surface area (Å²) < 4.78 is 5.11. The van der Waals surface area contributed by atoms with E-state index in [1.807, 2.05) is 17.0 Å². The maximum absolute atomic E-state index is 12.1. The Labute approximate surface area is 136 Å². The molecule has 1 aromatic rings. The lowest BCUT2D eigenvalue weighted by Crippen LogP contribution is -2.45.